The highest BCUT2D eigenvalue weighted by atomic mass is 32.2. The van der Waals surface area contributed by atoms with Crippen LogP contribution in [0.4, 0.5) is 11.4 Å². The minimum Gasteiger partial charge on any atom is -0.494 e. The van der Waals surface area contributed by atoms with Crippen molar-refractivity contribution in [1.29, 1.82) is 0 Å². The molecule has 0 heterocycles. The number of ether oxygens (including phenoxy) is 2. The zero-order valence-corrected chi connectivity index (χ0v) is 17.2. The molecule has 0 saturated heterocycles. The quantitative estimate of drug-likeness (QED) is 0.623. The van der Waals surface area contributed by atoms with Crippen LogP contribution >= 0.6 is 11.8 Å². The Hall–Kier alpha value is -2.67. The van der Waals surface area contributed by atoms with Gasteiger partial charge >= 0.3 is 0 Å². The molecule has 2 aromatic carbocycles. The molecule has 0 bridgehead atoms. The third-order valence-electron chi connectivity index (χ3n) is 3.73. The molecule has 0 spiro atoms. The Morgan fingerprint density at radius 3 is 2.32 bits per heavy atom. The predicted molar refractivity (Wildman–Crippen MR) is 114 cm³/mol. The van der Waals surface area contributed by atoms with Crippen LogP contribution in [0.2, 0.25) is 0 Å². The smallest absolute Gasteiger partial charge is 0.237 e. The van der Waals surface area contributed by atoms with Gasteiger partial charge in [0.2, 0.25) is 11.8 Å². The summed E-state index contributed by atoms with van der Waals surface area (Å²) in [5.41, 5.74) is 1.32. The summed E-state index contributed by atoms with van der Waals surface area (Å²) in [7, 11) is 0. The van der Waals surface area contributed by atoms with Gasteiger partial charge in [0.1, 0.15) is 11.5 Å². The third kappa shape index (κ3) is 6.81. The molecule has 0 aliphatic rings. The monoisotopic (exact) mass is 402 g/mol. The average Bonchev–Trinajstić information content (AvgIpc) is 2.69. The lowest BCUT2D eigenvalue weighted by atomic mass is 10.3. The van der Waals surface area contributed by atoms with E-state index in [1.54, 1.807) is 43.3 Å². The first-order chi connectivity index (χ1) is 13.5. The first-order valence-electron chi connectivity index (χ1n) is 9.20. The van der Waals surface area contributed by atoms with Gasteiger partial charge in [-0.3, -0.25) is 9.59 Å². The zero-order chi connectivity index (χ0) is 20.4. The van der Waals surface area contributed by atoms with E-state index < -0.39 is 0 Å². The SMILES string of the molecule is CCOc1ccc(NC(=O)[C@@H](C)SCC(=O)Nc2ccccc2OCC)cc1. The molecular weight excluding hydrogens is 376 g/mol. The van der Waals surface area contributed by atoms with Crippen molar-refractivity contribution in [3.05, 3.63) is 48.5 Å². The zero-order valence-electron chi connectivity index (χ0n) is 16.4. The number of hydrogen-bond acceptors (Lipinski definition) is 5. The van der Waals surface area contributed by atoms with Gasteiger partial charge in [0, 0.05) is 5.69 Å². The van der Waals surface area contributed by atoms with Crippen molar-refractivity contribution in [2.24, 2.45) is 0 Å². The molecule has 7 heteroatoms. The maximum atomic E-state index is 12.3. The van der Waals surface area contributed by atoms with Crippen LogP contribution in [0.1, 0.15) is 20.8 Å². The number of carbonyl (C=O) groups is 2. The van der Waals surface area contributed by atoms with E-state index in [1.807, 2.05) is 26.0 Å². The second-order valence-electron chi connectivity index (χ2n) is 5.88. The molecule has 0 aliphatic carbocycles. The molecule has 1 atom stereocenters. The fraction of sp³-hybridized carbons (Fsp3) is 0.333. The first-order valence-corrected chi connectivity index (χ1v) is 10.2. The summed E-state index contributed by atoms with van der Waals surface area (Å²) in [5.74, 6) is 1.21. The van der Waals surface area contributed by atoms with Gasteiger partial charge < -0.3 is 20.1 Å². The third-order valence-corrected chi connectivity index (χ3v) is 4.87. The normalized spacial score (nSPS) is 11.4. The van der Waals surface area contributed by atoms with Gasteiger partial charge in [-0.2, -0.15) is 0 Å². The number of para-hydroxylation sites is 2. The summed E-state index contributed by atoms with van der Waals surface area (Å²) in [6.07, 6.45) is 0. The summed E-state index contributed by atoms with van der Waals surface area (Å²) >= 11 is 1.27. The Kier molecular flexibility index (Phi) is 8.68. The molecule has 2 aromatic rings. The standard InChI is InChI=1S/C21H26N2O4S/c1-4-26-17-12-10-16(11-13-17)22-21(25)15(3)28-14-20(24)23-18-8-6-7-9-19(18)27-5-2/h6-13,15H,4-5,14H2,1-3H3,(H,22,25)(H,23,24)/t15-/m1/s1. The Morgan fingerprint density at radius 1 is 0.964 bits per heavy atom. The minimum absolute atomic E-state index is 0.156. The Balaban J connectivity index is 1.81. The molecule has 0 aliphatic heterocycles. The molecule has 0 radical (unpaired) electrons. The maximum Gasteiger partial charge on any atom is 0.237 e. The highest BCUT2D eigenvalue weighted by Gasteiger charge is 2.16. The van der Waals surface area contributed by atoms with Crippen molar-refractivity contribution in [2.75, 3.05) is 29.6 Å². The van der Waals surface area contributed by atoms with Crippen molar-refractivity contribution in [2.45, 2.75) is 26.0 Å². The van der Waals surface area contributed by atoms with Gasteiger partial charge in [-0.05, 0) is 57.2 Å². The molecule has 0 fully saturated rings. The number of benzene rings is 2. The highest BCUT2D eigenvalue weighted by molar-refractivity contribution is 8.01. The summed E-state index contributed by atoms with van der Waals surface area (Å²) in [6, 6.07) is 14.5. The van der Waals surface area contributed by atoms with E-state index in [1.165, 1.54) is 11.8 Å². The number of carbonyl (C=O) groups excluding carboxylic acids is 2. The number of thioether (sulfide) groups is 1. The Bertz CT molecular complexity index is 780. The number of nitrogens with one attached hydrogen (secondary N) is 2. The van der Waals surface area contributed by atoms with Crippen molar-refractivity contribution in [3.63, 3.8) is 0 Å². The molecular formula is C21H26N2O4S. The van der Waals surface area contributed by atoms with Crippen molar-refractivity contribution < 1.29 is 19.1 Å². The fourth-order valence-electron chi connectivity index (χ4n) is 2.36. The lowest BCUT2D eigenvalue weighted by Crippen LogP contribution is -2.25. The Labute approximate surface area is 170 Å². The molecule has 2 amide bonds. The van der Waals surface area contributed by atoms with Crippen LogP contribution in [0.25, 0.3) is 0 Å². The summed E-state index contributed by atoms with van der Waals surface area (Å²) in [4.78, 5) is 24.5. The summed E-state index contributed by atoms with van der Waals surface area (Å²) in [6.45, 7) is 6.69. The van der Waals surface area contributed by atoms with Crippen molar-refractivity contribution in [3.8, 4) is 11.5 Å². The number of anilines is 2. The van der Waals surface area contributed by atoms with Gasteiger partial charge in [-0.15, -0.1) is 11.8 Å². The molecule has 6 nitrogen and oxygen atoms in total. The van der Waals surface area contributed by atoms with Gasteiger partial charge in [0.05, 0.1) is 29.9 Å². The molecule has 0 unspecified atom stereocenters. The second-order valence-corrected chi connectivity index (χ2v) is 7.21. The molecule has 0 aromatic heterocycles. The summed E-state index contributed by atoms with van der Waals surface area (Å²) < 4.78 is 10.9. The van der Waals surface area contributed by atoms with Crippen LogP contribution in [-0.4, -0.2) is 36.0 Å². The van der Waals surface area contributed by atoms with Crippen LogP contribution in [0.5, 0.6) is 11.5 Å². The van der Waals surface area contributed by atoms with Crippen LogP contribution in [0, 0.1) is 0 Å². The molecule has 28 heavy (non-hydrogen) atoms. The van der Waals surface area contributed by atoms with Gasteiger partial charge in [0.25, 0.3) is 0 Å². The van der Waals surface area contributed by atoms with Crippen molar-refractivity contribution in [1.82, 2.24) is 0 Å². The van der Waals surface area contributed by atoms with E-state index in [4.69, 9.17) is 9.47 Å². The largest absolute Gasteiger partial charge is 0.494 e. The van der Waals surface area contributed by atoms with Crippen LogP contribution in [-0.2, 0) is 9.59 Å². The van der Waals surface area contributed by atoms with E-state index in [0.29, 0.717) is 30.3 Å². The topological polar surface area (TPSA) is 76.7 Å². The van der Waals surface area contributed by atoms with Crippen LogP contribution < -0.4 is 20.1 Å². The second kappa shape index (κ2) is 11.2. The van der Waals surface area contributed by atoms with Gasteiger partial charge in [-0.1, -0.05) is 12.1 Å². The number of hydrogen-bond donors (Lipinski definition) is 2. The van der Waals surface area contributed by atoms with Crippen LogP contribution in [0.15, 0.2) is 48.5 Å². The highest BCUT2D eigenvalue weighted by Crippen LogP contribution is 2.24. The van der Waals surface area contributed by atoms with E-state index in [9.17, 15) is 9.59 Å². The average molecular weight is 403 g/mol. The lowest BCUT2D eigenvalue weighted by Gasteiger charge is -2.14. The molecule has 2 rings (SSSR count). The lowest BCUT2D eigenvalue weighted by molar-refractivity contribution is -0.115. The molecule has 150 valence electrons. The first kappa shape index (κ1) is 21.6. The minimum atomic E-state index is -0.376. The van der Waals surface area contributed by atoms with Gasteiger partial charge in [-0.25, -0.2) is 0 Å². The fourth-order valence-corrected chi connectivity index (χ4v) is 3.04. The number of rotatable bonds is 10. The Morgan fingerprint density at radius 2 is 1.64 bits per heavy atom. The number of amides is 2. The predicted octanol–water partition coefficient (Wildman–Crippen LogP) is 4.18. The van der Waals surface area contributed by atoms with E-state index >= 15 is 0 Å². The molecule has 0 saturated carbocycles. The van der Waals surface area contributed by atoms with E-state index in [0.717, 1.165) is 5.75 Å². The van der Waals surface area contributed by atoms with Crippen LogP contribution in [0.3, 0.4) is 0 Å². The van der Waals surface area contributed by atoms with E-state index in [-0.39, 0.29) is 22.8 Å². The summed E-state index contributed by atoms with van der Waals surface area (Å²) in [5, 5.41) is 5.29. The van der Waals surface area contributed by atoms with Crippen molar-refractivity contribution >= 4 is 35.0 Å². The van der Waals surface area contributed by atoms with E-state index in [2.05, 4.69) is 10.6 Å². The molecule has 2 N–H and O–H groups in total. The van der Waals surface area contributed by atoms with Gasteiger partial charge in [0.15, 0.2) is 0 Å². The maximum absolute atomic E-state index is 12.3.